The number of aromatic nitrogens is 2. The minimum Gasteiger partial charge on any atom is -0.495 e. The van der Waals surface area contributed by atoms with Crippen LogP contribution in [0.15, 0.2) is 72.8 Å². The second kappa shape index (κ2) is 19.4. The number of benzene rings is 4. The van der Waals surface area contributed by atoms with Gasteiger partial charge in [0.05, 0.1) is 81.6 Å². The van der Waals surface area contributed by atoms with Gasteiger partial charge < -0.3 is 36.5 Å². The van der Waals surface area contributed by atoms with E-state index in [4.69, 9.17) is 78.2 Å². The molecule has 0 saturated carbocycles. The third-order valence-corrected chi connectivity index (χ3v) is 11.0. The number of nitrogens with one attached hydrogen (secondary N) is 1. The lowest BCUT2D eigenvalue weighted by atomic mass is 10.1. The molecule has 0 aliphatic carbocycles. The molecule has 2 aliphatic heterocycles. The number of carbonyl (C=O) groups is 2. The van der Waals surface area contributed by atoms with Gasteiger partial charge in [-0.2, -0.15) is 0 Å². The predicted molar refractivity (Wildman–Crippen MR) is 236 cm³/mol. The molecule has 16 heteroatoms. The van der Waals surface area contributed by atoms with Crippen molar-refractivity contribution in [1.82, 2.24) is 25.9 Å². The smallest absolute Gasteiger partial charge is 0.258 e. The topological polar surface area (TPSA) is 158 Å². The van der Waals surface area contributed by atoms with Gasteiger partial charge in [0.25, 0.3) is 11.8 Å². The van der Waals surface area contributed by atoms with Crippen LogP contribution in [0, 0.1) is 0 Å². The maximum Gasteiger partial charge on any atom is 0.258 e. The van der Waals surface area contributed by atoms with E-state index in [1.807, 2.05) is 68.4 Å². The van der Waals surface area contributed by atoms with Crippen molar-refractivity contribution in [2.45, 2.75) is 40.0 Å². The fourth-order valence-electron chi connectivity index (χ4n) is 6.57. The number of rotatable bonds is 8. The predicted octanol–water partition coefficient (Wildman–Crippen LogP) is 10.6. The summed E-state index contributed by atoms with van der Waals surface area (Å²) in [5, 5.41) is 7.78. The highest BCUT2D eigenvalue weighted by atomic mass is 35.5. The molecule has 0 saturated heterocycles. The molecule has 0 unspecified atom stereocenters. The quantitative estimate of drug-likeness (QED) is 0.135. The average molecular weight is 886 g/mol. The molecule has 11 nitrogen and oxygen atoms in total. The Kier molecular flexibility index (Phi) is 14.9. The van der Waals surface area contributed by atoms with E-state index in [2.05, 4.69) is 10.3 Å². The molecular weight excluding hydrogens is 844 g/mol. The molecule has 0 spiro atoms. The van der Waals surface area contributed by atoms with E-state index >= 15 is 0 Å². The molecule has 6 aromatic rings. The van der Waals surface area contributed by atoms with Crippen LogP contribution in [0.1, 0.15) is 57.1 Å². The maximum absolute atomic E-state index is 12.9. The van der Waals surface area contributed by atoms with Crippen molar-refractivity contribution in [1.29, 1.82) is 0 Å². The summed E-state index contributed by atoms with van der Waals surface area (Å²) in [6.45, 7) is 7.25. The molecule has 4 heterocycles. The highest BCUT2D eigenvalue weighted by molar-refractivity contribution is 6.39. The molecule has 8 rings (SSSR count). The fraction of sp³-hybridized carbons (Fsp3) is 0.238. The van der Waals surface area contributed by atoms with E-state index < -0.39 is 0 Å². The van der Waals surface area contributed by atoms with Gasteiger partial charge >= 0.3 is 0 Å². The summed E-state index contributed by atoms with van der Waals surface area (Å²) in [5.41, 5.74) is 12.4. The van der Waals surface area contributed by atoms with Crippen LogP contribution in [0.3, 0.4) is 0 Å². The summed E-state index contributed by atoms with van der Waals surface area (Å²) >= 11 is 30.6. The molecule has 0 atom stereocenters. The van der Waals surface area contributed by atoms with Crippen molar-refractivity contribution in [3.63, 3.8) is 0 Å². The monoisotopic (exact) mass is 883 g/mol. The fourth-order valence-corrected chi connectivity index (χ4v) is 7.82. The molecule has 2 aromatic heterocycles. The van der Waals surface area contributed by atoms with Crippen LogP contribution in [0.5, 0.6) is 11.5 Å². The molecule has 58 heavy (non-hydrogen) atoms. The number of halogens is 5. The minimum absolute atomic E-state index is 0. The van der Waals surface area contributed by atoms with E-state index in [1.54, 1.807) is 42.2 Å². The summed E-state index contributed by atoms with van der Waals surface area (Å²) in [5.74, 6) is 1.25. The van der Waals surface area contributed by atoms with Gasteiger partial charge in [-0.05, 0) is 85.6 Å². The zero-order valence-electron chi connectivity index (χ0n) is 32.3. The second-order valence-electron chi connectivity index (χ2n) is 13.0. The molecule has 0 radical (unpaired) electrons. The van der Waals surface area contributed by atoms with Gasteiger partial charge in [0.2, 0.25) is 0 Å². The Morgan fingerprint density at radius 1 is 0.672 bits per heavy atom. The molecule has 0 bridgehead atoms. The van der Waals surface area contributed by atoms with Gasteiger partial charge in [0.15, 0.2) is 0 Å². The molecule has 2 amide bonds. The minimum atomic E-state index is -0.0492. The van der Waals surface area contributed by atoms with Crippen molar-refractivity contribution in [2.24, 2.45) is 5.73 Å². The Balaban J connectivity index is 0.000000183. The largest absolute Gasteiger partial charge is 0.495 e. The summed E-state index contributed by atoms with van der Waals surface area (Å²) in [6.07, 6.45) is 0. The highest BCUT2D eigenvalue weighted by Gasteiger charge is 2.33. The van der Waals surface area contributed by atoms with Crippen molar-refractivity contribution in [3.05, 3.63) is 132 Å². The number of ether oxygens (including phenoxy) is 2. The summed E-state index contributed by atoms with van der Waals surface area (Å²) < 4.78 is 10.2. The lowest BCUT2D eigenvalue weighted by Gasteiger charge is -2.15. The first-order chi connectivity index (χ1) is 27.4. The van der Waals surface area contributed by atoms with E-state index in [1.165, 1.54) is 0 Å². The van der Waals surface area contributed by atoms with Crippen LogP contribution in [-0.2, 0) is 26.2 Å². The average Bonchev–Trinajstić information content (AvgIpc) is 3.71. The first-order valence-corrected chi connectivity index (χ1v) is 19.9. The number of carbonyl (C=O) groups excluding carboxylic acids is 2. The van der Waals surface area contributed by atoms with Gasteiger partial charge in [-0.3, -0.25) is 9.59 Å². The van der Waals surface area contributed by atoms with Crippen molar-refractivity contribution < 1.29 is 19.1 Å². The zero-order valence-corrected chi connectivity index (χ0v) is 36.0. The number of nitrogens with two attached hydrogens (primary N) is 1. The normalized spacial score (nSPS) is 12.7. The third-order valence-electron chi connectivity index (χ3n) is 9.56. The number of pyridine rings is 2. The van der Waals surface area contributed by atoms with Crippen molar-refractivity contribution in [2.75, 3.05) is 32.6 Å². The molecule has 4 aromatic carbocycles. The molecular formula is C42H42Cl5N7O4. The molecule has 2 aliphatic rings. The van der Waals surface area contributed by atoms with Crippen LogP contribution in [0.4, 0.5) is 5.69 Å². The number of anilines is 1. The Labute approximate surface area is 361 Å². The Morgan fingerprint density at radius 3 is 1.67 bits per heavy atom. The van der Waals surface area contributed by atoms with Crippen LogP contribution in [-0.4, -0.2) is 58.9 Å². The number of hydrogen-bond acceptors (Lipinski definition) is 9. The molecule has 304 valence electrons. The van der Waals surface area contributed by atoms with Gasteiger partial charge in [-0.15, -0.1) is 0 Å². The van der Waals surface area contributed by atoms with E-state index in [0.717, 1.165) is 50.0 Å². The SMILES string of the molecule is CCN1Cc2nc3ccc(Cl)cc3c(Cl)c2C1=O.CCN1Cc2nc3ccc(Cl)cc3c(NCc3ccc(OC)c(Cl)c3)c2C1=O.COc1ccc(CN)cc1Cl.N. The van der Waals surface area contributed by atoms with Crippen LogP contribution in [0.2, 0.25) is 25.1 Å². The first kappa shape index (κ1) is 44.5. The number of methoxy groups -OCH3 is 2. The Hall–Kier alpha value is -4.59. The van der Waals surface area contributed by atoms with Crippen LogP contribution >= 0.6 is 58.0 Å². The van der Waals surface area contributed by atoms with Crippen LogP contribution < -0.4 is 26.7 Å². The van der Waals surface area contributed by atoms with E-state index in [0.29, 0.717) is 87.0 Å². The van der Waals surface area contributed by atoms with Crippen molar-refractivity contribution >= 4 is 97.3 Å². The van der Waals surface area contributed by atoms with E-state index in [-0.39, 0.29) is 18.0 Å². The Morgan fingerprint density at radius 2 is 1.16 bits per heavy atom. The van der Waals surface area contributed by atoms with Gasteiger partial charge in [-0.25, -0.2) is 9.97 Å². The van der Waals surface area contributed by atoms with Gasteiger partial charge in [-0.1, -0.05) is 70.1 Å². The summed E-state index contributed by atoms with van der Waals surface area (Å²) in [4.78, 5) is 37.8. The van der Waals surface area contributed by atoms with Gasteiger partial charge in [0.1, 0.15) is 11.5 Å². The number of hydrogen-bond donors (Lipinski definition) is 3. The maximum atomic E-state index is 12.9. The first-order valence-electron chi connectivity index (χ1n) is 18.0. The standard InChI is InChI=1S/C21H19Cl2N3O2.C13H10Cl2N2O.C8H10ClNO.H3N/c1-3-26-11-17-19(21(26)27)20(14-9-13(22)5-6-16(14)25-17)24-10-12-4-7-18(28-2)15(23)8-12;1-2-17-6-10-11(13(17)18)12(15)8-5-7(14)3-4-9(8)16-10;1-11-8-3-2-6(5-10)4-7(8)9;/h4-9H,3,10-11H2,1-2H3,(H,24,25);3-5H,2,6H2,1H3;2-4H,5,10H2,1H3;1H3. The zero-order chi connectivity index (χ0) is 41.0. The second-order valence-corrected chi connectivity index (χ2v) is 15.1. The van der Waals surface area contributed by atoms with Crippen LogP contribution in [0.25, 0.3) is 21.8 Å². The van der Waals surface area contributed by atoms with Gasteiger partial charge in [0, 0.05) is 47.0 Å². The third kappa shape index (κ3) is 9.32. The molecule has 6 N–H and O–H groups in total. The Bertz CT molecular complexity index is 2500. The number of nitrogens with zero attached hydrogens (tertiary/aromatic N) is 4. The lowest BCUT2D eigenvalue weighted by Crippen LogP contribution is -2.23. The summed E-state index contributed by atoms with van der Waals surface area (Å²) in [6, 6.07) is 22.0. The van der Waals surface area contributed by atoms with E-state index in [9.17, 15) is 9.59 Å². The number of fused-ring (bicyclic) bond motifs is 4. The summed E-state index contributed by atoms with van der Waals surface area (Å²) in [7, 11) is 3.17. The number of amides is 2. The van der Waals surface area contributed by atoms with Crippen molar-refractivity contribution in [3.8, 4) is 11.5 Å². The highest BCUT2D eigenvalue weighted by Crippen LogP contribution is 2.37. The molecule has 0 fully saturated rings. The lowest BCUT2D eigenvalue weighted by molar-refractivity contribution is 0.0779.